The first-order valence-corrected chi connectivity index (χ1v) is 8.33. The highest BCUT2D eigenvalue weighted by molar-refractivity contribution is 5.93. The van der Waals surface area contributed by atoms with E-state index in [-0.39, 0.29) is 5.91 Å². The molecule has 6 heteroatoms. The van der Waals surface area contributed by atoms with Crippen molar-refractivity contribution in [2.24, 2.45) is 0 Å². The molecule has 0 aromatic heterocycles. The van der Waals surface area contributed by atoms with Crippen LogP contribution in [0.5, 0.6) is 0 Å². The van der Waals surface area contributed by atoms with Gasteiger partial charge in [0, 0.05) is 0 Å². The Labute approximate surface area is 152 Å². The van der Waals surface area contributed by atoms with Crippen LogP contribution in [-0.2, 0) is 14.4 Å². The molecule has 26 heavy (non-hydrogen) atoms. The summed E-state index contributed by atoms with van der Waals surface area (Å²) in [6.45, 7) is 2.89. The molecule has 2 atom stereocenters. The summed E-state index contributed by atoms with van der Waals surface area (Å²) < 4.78 is 0. The first-order valence-electron chi connectivity index (χ1n) is 8.33. The molecule has 0 fully saturated rings. The third-order valence-corrected chi connectivity index (χ3v) is 4.01. The summed E-state index contributed by atoms with van der Waals surface area (Å²) >= 11 is 0. The lowest BCUT2D eigenvalue weighted by molar-refractivity contribution is -0.141. The fraction of sp³-hybridized carbons (Fsp3) is 0.250. The zero-order chi connectivity index (χ0) is 19.1. The number of carbonyl (C=O) groups excluding carboxylic acids is 2. The van der Waals surface area contributed by atoms with E-state index >= 15 is 0 Å². The van der Waals surface area contributed by atoms with Gasteiger partial charge in [0.15, 0.2) is 0 Å². The number of hydrogen-bond acceptors (Lipinski definition) is 3. The molecule has 0 aliphatic carbocycles. The van der Waals surface area contributed by atoms with E-state index in [4.69, 9.17) is 5.11 Å². The minimum Gasteiger partial charge on any atom is -0.480 e. The third-order valence-electron chi connectivity index (χ3n) is 4.01. The van der Waals surface area contributed by atoms with Crippen LogP contribution in [0.3, 0.4) is 0 Å². The van der Waals surface area contributed by atoms with Crippen molar-refractivity contribution in [3.8, 4) is 0 Å². The standard InChI is InChI=1S/C20H22N2O4/c1-13(18(23)22-14(2)20(25)26)21-19(24)17(15-9-5-3-6-10-15)16-11-7-4-8-12-16/h3-14,17H,1-2H3,(H,21,24)(H,22,23)(H,25,26)/t13-,14+/m1/s1. The Bertz CT molecular complexity index is 722. The molecule has 136 valence electrons. The number of carbonyl (C=O) groups is 3. The van der Waals surface area contributed by atoms with Crippen molar-refractivity contribution in [3.63, 3.8) is 0 Å². The average Bonchev–Trinajstić information content (AvgIpc) is 2.63. The Morgan fingerprint density at radius 2 is 1.15 bits per heavy atom. The first-order chi connectivity index (χ1) is 12.4. The molecule has 0 radical (unpaired) electrons. The molecule has 2 amide bonds. The van der Waals surface area contributed by atoms with Gasteiger partial charge in [-0.1, -0.05) is 60.7 Å². The van der Waals surface area contributed by atoms with Gasteiger partial charge in [-0.3, -0.25) is 14.4 Å². The van der Waals surface area contributed by atoms with E-state index in [0.29, 0.717) is 0 Å². The minimum atomic E-state index is -1.14. The topological polar surface area (TPSA) is 95.5 Å². The quantitative estimate of drug-likeness (QED) is 0.708. The monoisotopic (exact) mass is 354 g/mol. The fourth-order valence-corrected chi connectivity index (χ4v) is 2.55. The van der Waals surface area contributed by atoms with Crippen LogP contribution in [0.25, 0.3) is 0 Å². The Morgan fingerprint density at radius 3 is 1.58 bits per heavy atom. The van der Waals surface area contributed by atoms with Gasteiger partial charge in [-0.05, 0) is 25.0 Å². The van der Waals surface area contributed by atoms with E-state index in [1.807, 2.05) is 60.7 Å². The second kappa shape index (κ2) is 8.80. The number of aliphatic carboxylic acids is 1. The summed E-state index contributed by atoms with van der Waals surface area (Å²) in [5, 5.41) is 13.9. The molecule has 2 rings (SSSR count). The SMILES string of the molecule is C[C@H](NC(=O)[C@@H](C)NC(=O)C(c1ccccc1)c1ccccc1)C(=O)O. The number of carboxylic acid groups (broad SMARTS) is 1. The van der Waals surface area contributed by atoms with Crippen LogP contribution in [0.4, 0.5) is 0 Å². The predicted octanol–water partition coefficient (Wildman–Crippen LogP) is 1.91. The highest BCUT2D eigenvalue weighted by Crippen LogP contribution is 2.24. The molecule has 2 aromatic rings. The van der Waals surface area contributed by atoms with Crippen molar-refractivity contribution in [1.82, 2.24) is 10.6 Å². The Morgan fingerprint density at radius 1 is 0.731 bits per heavy atom. The molecule has 0 unspecified atom stereocenters. The van der Waals surface area contributed by atoms with Crippen LogP contribution >= 0.6 is 0 Å². The van der Waals surface area contributed by atoms with E-state index in [9.17, 15) is 14.4 Å². The maximum Gasteiger partial charge on any atom is 0.325 e. The lowest BCUT2D eigenvalue weighted by Gasteiger charge is -2.21. The number of hydrogen-bond donors (Lipinski definition) is 3. The van der Waals surface area contributed by atoms with Crippen molar-refractivity contribution in [3.05, 3.63) is 71.8 Å². The maximum absolute atomic E-state index is 12.9. The fourth-order valence-electron chi connectivity index (χ4n) is 2.55. The van der Waals surface area contributed by atoms with E-state index in [1.54, 1.807) is 0 Å². The van der Waals surface area contributed by atoms with Crippen molar-refractivity contribution in [1.29, 1.82) is 0 Å². The van der Waals surface area contributed by atoms with Gasteiger partial charge in [0.1, 0.15) is 12.1 Å². The van der Waals surface area contributed by atoms with Gasteiger partial charge in [0.2, 0.25) is 11.8 Å². The number of carboxylic acids is 1. The second-order valence-electron chi connectivity index (χ2n) is 6.05. The number of amides is 2. The van der Waals surface area contributed by atoms with Gasteiger partial charge in [0.05, 0.1) is 5.92 Å². The maximum atomic E-state index is 12.9. The van der Waals surface area contributed by atoms with Gasteiger partial charge >= 0.3 is 5.97 Å². The van der Waals surface area contributed by atoms with E-state index in [0.717, 1.165) is 11.1 Å². The summed E-state index contributed by atoms with van der Waals surface area (Å²) in [6.07, 6.45) is 0. The summed E-state index contributed by atoms with van der Waals surface area (Å²) in [5.74, 6) is -2.57. The number of benzene rings is 2. The van der Waals surface area contributed by atoms with Crippen LogP contribution in [0.15, 0.2) is 60.7 Å². The molecule has 0 aliphatic rings. The predicted molar refractivity (Wildman–Crippen MR) is 97.6 cm³/mol. The Hall–Kier alpha value is -3.15. The number of nitrogens with one attached hydrogen (secondary N) is 2. The molecule has 2 aromatic carbocycles. The average molecular weight is 354 g/mol. The molecule has 3 N–H and O–H groups in total. The van der Waals surface area contributed by atoms with Gasteiger partial charge in [-0.15, -0.1) is 0 Å². The van der Waals surface area contributed by atoms with Crippen LogP contribution in [-0.4, -0.2) is 35.0 Å². The summed E-state index contributed by atoms with van der Waals surface area (Å²) in [6, 6.07) is 16.7. The second-order valence-corrected chi connectivity index (χ2v) is 6.05. The summed E-state index contributed by atoms with van der Waals surface area (Å²) in [7, 11) is 0. The van der Waals surface area contributed by atoms with Crippen LogP contribution in [0.1, 0.15) is 30.9 Å². The van der Waals surface area contributed by atoms with Crippen molar-refractivity contribution < 1.29 is 19.5 Å². The van der Waals surface area contributed by atoms with Crippen molar-refractivity contribution >= 4 is 17.8 Å². The van der Waals surface area contributed by atoms with Gasteiger partial charge in [0.25, 0.3) is 0 Å². The normalized spacial score (nSPS) is 12.9. The highest BCUT2D eigenvalue weighted by Gasteiger charge is 2.26. The molecule has 6 nitrogen and oxygen atoms in total. The smallest absolute Gasteiger partial charge is 0.325 e. The lowest BCUT2D eigenvalue weighted by atomic mass is 9.90. The number of rotatable bonds is 7. The zero-order valence-electron chi connectivity index (χ0n) is 14.7. The first kappa shape index (κ1) is 19.2. The minimum absolute atomic E-state index is 0.326. The molecule has 0 heterocycles. The third kappa shape index (κ3) is 4.92. The van der Waals surface area contributed by atoms with Gasteiger partial charge < -0.3 is 15.7 Å². The van der Waals surface area contributed by atoms with Gasteiger partial charge in [-0.25, -0.2) is 0 Å². The van der Waals surface area contributed by atoms with E-state index < -0.39 is 29.9 Å². The zero-order valence-corrected chi connectivity index (χ0v) is 14.7. The molecular formula is C20H22N2O4. The lowest BCUT2D eigenvalue weighted by Crippen LogP contribution is -2.50. The largest absolute Gasteiger partial charge is 0.480 e. The Kier molecular flexibility index (Phi) is 6.49. The van der Waals surface area contributed by atoms with E-state index in [2.05, 4.69) is 10.6 Å². The van der Waals surface area contributed by atoms with Crippen molar-refractivity contribution in [2.75, 3.05) is 0 Å². The van der Waals surface area contributed by atoms with Gasteiger partial charge in [-0.2, -0.15) is 0 Å². The molecular weight excluding hydrogens is 332 g/mol. The molecule has 0 spiro atoms. The van der Waals surface area contributed by atoms with Crippen LogP contribution in [0.2, 0.25) is 0 Å². The van der Waals surface area contributed by atoms with Crippen molar-refractivity contribution in [2.45, 2.75) is 31.8 Å². The Balaban J connectivity index is 2.17. The molecule has 0 saturated heterocycles. The highest BCUT2D eigenvalue weighted by atomic mass is 16.4. The van der Waals surface area contributed by atoms with Crippen LogP contribution in [0, 0.1) is 0 Å². The van der Waals surface area contributed by atoms with Crippen LogP contribution < -0.4 is 10.6 Å². The van der Waals surface area contributed by atoms with E-state index in [1.165, 1.54) is 13.8 Å². The molecule has 0 bridgehead atoms. The summed E-state index contributed by atoms with van der Waals surface area (Å²) in [4.78, 5) is 35.8. The molecule has 0 saturated carbocycles. The summed E-state index contributed by atoms with van der Waals surface area (Å²) in [5.41, 5.74) is 1.62. The molecule has 0 aliphatic heterocycles.